The summed E-state index contributed by atoms with van der Waals surface area (Å²) < 4.78 is 33.7. The van der Waals surface area contributed by atoms with E-state index in [9.17, 15) is 13.2 Å². The van der Waals surface area contributed by atoms with E-state index >= 15 is 0 Å². The minimum atomic E-state index is -3.84. The van der Waals surface area contributed by atoms with E-state index in [1.165, 1.54) is 11.4 Å². The smallest absolute Gasteiger partial charge is 0.264 e. The van der Waals surface area contributed by atoms with Crippen molar-refractivity contribution < 1.29 is 17.9 Å². The van der Waals surface area contributed by atoms with E-state index in [1.807, 2.05) is 12.1 Å². The van der Waals surface area contributed by atoms with Crippen LogP contribution in [0.5, 0.6) is 5.75 Å². The maximum atomic E-state index is 13.3. The third kappa shape index (κ3) is 3.64. The predicted octanol–water partition coefficient (Wildman–Crippen LogP) is 2.69. The molecule has 1 atom stereocenters. The summed E-state index contributed by atoms with van der Waals surface area (Å²) in [5.74, 6) is 0.0103. The van der Waals surface area contributed by atoms with E-state index in [1.54, 1.807) is 36.4 Å². The van der Waals surface area contributed by atoms with Crippen molar-refractivity contribution in [3.63, 3.8) is 0 Å². The summed E-state index contributed by atoms with van der Waals surface area (Å²) >= 11 is 0. The first-order chi connectivity index (χ1) is 12.6. The van der Waals surface area contributed by atoms with Crippen molar-refractivity contribution in [3.05, 3.63) is 54.1 Å². The number of ether oxygens (including phenoxy) is 1. The zero-order chi connectivity index (χ0) is 19.8. The van der Waals surface area contributed by atoms with Crippen molar-refractivity contribution >= 4 is 21.6 Å². The largest absolute Gasteiger partial charge is 0.476 e. The molecule has 3 rings (SSSR count). The number of carbonyl (C=O) groups is 1. The average Bonchev–Trinajstić information content (AvgIpc) is 2.65. The van der Waals surface area contributed by atoms with E-state index < -0.39 is 16.1 Å². The van der Waals surface area contributed by atoms with Crippen molar-refractivity contribution in [2.75, 3.05) is 17.9 Å². The number of hydrogen-bond acceptors (Lipinski definition) is 4. The van der Waals surface area contributed by atoms with E-state index in [0.717, 1.165) is 5.56 Å². The van der Waals surface area contributed by atoms with Gasteiger partial charge in [-0.15, -0.1) is 0 Å². The number of fused-ring (bicyclic) bond motifs is 1. The zero-order valence-corrected chi connectivity index (χ0v) is 16.7. The fourth-order valence-corrected chi connectivity index (χ4v) is 4.45. The van der Waals surface area contributed by atoms with Crippen LogP contribution in [0.3, 0.4) is 0 Å². The molecule has 0 radical (unpaired) electrons. The fourth-order valence-electron chi connectivity index (χ4n) is 2.96. The molecule has 2 aromatic carbocycles. The first-order valence-electron chi connectivity index (χ1n) is 8.75. The highest BCUT2D eigenvalue weighted by molar-refractivity contribution is 7.92. The molecule has 0 aliphatic carbocycles. The van der Waals surface area contributed by atoms with Crippen LogP contribution in [0.1, 0.15) is 26.3 Å². The molecule has 6 nitrogen and oxygen atoms in total. The normalized spacial score (nSPS) is 17.0. The lowest BCUT2D eigenvalue weighted by molar-refractivity contribution is -0.127. The van der Waals surface area contributed by atoms with Gasteiger partial charge in [0.2, 0.25) is 0 Å². The Bertz CT molecular complexity index is 950. The lowest BCUT2D eigenvalue weighted by Gasteiger charge is -2.35. The number of sulfonamides is 1. The van der Waals surface area contributed by atoms with Crippen molar-refractivity contribution in [2.24, 2.45) is 0 Å². The maximum absolute atomic E-state index is 13.3. The summed E-state index contributed by atoms with van der Waals surface area (Å²) in [6, 6.07) is 13.7. The number of hydrogen-bond donors (Lipinski definition) is 1. The predicted molar refractivity (Wildman–Crippen MR) is 105 cm³/mol. The number of rotatable bonds is 3. The van der Waals surface area contributed by atoms with Gasteiger partial charge in [0.15, 0.2) is 6.10 Å². The molecule has 0 saturated heterocycles. The van der Waals surface area contributed by atoms with E-state index in [4.69, 9.17) is 4.74 Å². The third-order valence-corrected chi connectivity index (χ3v) is 6.36. The van der Waals surface area contributed by atoms with Gasteiger partial charge in [0.25, 0.3) is 15.9 Å². The molecular weight excluding hydrogens is 364 g/mol. The summed E-state index contributed by atoms with van der Waals surface area (Å²) in [6.07, 6.45) is -0.915. The maximum Gasteiger partial charge on any atom is 0.264 e. The number of amides is 1. The molecule has 0 fully saturated rings. The second-order valence-electron chi connectivity index (χ2n) is 7.50. The molecule has 1 aliphatic heterocycles. The van der Waals surface area contributed by atoms with Crippen molar-refractivity contribution in [1.29, 1.82) is 0 Å². The molecule has 27 heavy (non-hydrogen) atoms. The number of carbonyl (C=O) groups excluding carboxylic acids is 1. The third-order valence-electron chi connectivity index (χ3n) is 4.56. The van der Waals surface area contributed by atoms with Gasteiger partial charge in [0, 0.05) is 7.05 Å². The summed E-state index contributed by atoms with van der Waals surface area (Å²) in [5, 5.41) is 2.53. The van der Waals surface area contributed by atoms with Gasteiger partial charge in [-0.1, -0.05) is 45.0 Å². The van der Waals surface area contributed by atoms with Gasteiger partial charge in [-0.3, -0.25) is 9.10 Å². The van der Waals surface area contributed by atoms with Gasteiger partial charge in [0.05, 0.1) is 17.1 Å². The number of anilines is 1. The second kappa shape index (κ2) is 6.88. The molecule has 0 bridgehead atoms. The van der Waals surface area contributed by atoms with Crippen LogP contribution in [-0.4, -0.2) is 34.0 Å². The standard InChI is InChI=1S/C20H24N2O4S/c1-20(2,3)14-10-11-17-16(12-14)22(13-18(26-17)19(23)21-4)27(24,25)15-8-6-5-7-9-15/h5-12,18H,13H2,1-4H3,(H,21,23)/t18-/m0/s1. The van der Waals surface area contributed by atoms with Crippen LogP contribution in [0.15, 0.2) is 53.4 Å². The Kier molecular flexibility index (Phi) is 4.90. The molecule has 1 amide bonds. The van der Waals surface area contributed by atoms with Crippen LogP contribution in [0, 0.1) is 0 Å². The van der Waals surface area contributed by atoms with Crippen LogP contribution >= 0.6 is 0 Å². The zero-order valence-electron chi connectivity index (χ0n) is 15.9. The SMILES string of the molecule is CNC(=O)[C@@H]1CN(S(=O)(=O)c2ccccc2)c2cc(C(C)(C)C)ccc2O1. The average molecular weight is 388 g/mol. The number of benzene rings is 2. The van der Waals surface area contributed by atoms with Crippen molar-refractivity contribution in [3.8, 4) is 5.75 Å². The molecule has 0 unspecified atom stereocenters. The van der Waals surface area contributed by atoms with E-state index in [2.05, 4.69) is 26.1 Å². The molecule has 144 valence electrons. The molecule has 1 aliphatic rings. The summed E-state index contributed by atoms with van der Waals surface area (Å²) in [6.45, 7) is 6.09. The monoisotopic (exact) mass is 388 g/mol. The van der Waals surface area contributed by atoms with Crippen LogP contribution in [-0.2, 0) is 20.2 Å². The molecule has 0 aromatic heterocycles. The Labute approximate surface area is 160 Å². The van der Waals surface area contributed by atoms with Crippen molar-refractivity contribution in [1.82, 2.24) is 5.32 Å². The Morgan fingerprint density at radius 1 is 1.15 bits per heavy atom. The topological polar surface area (TPSA) is 75.7 Å². The molecular formula is C20H24N2O4S. The van der Waals surface area contributed by atoms with Crippen LogP contribution < -0.4 is 14.4 Å². The molecule has 7 heteroatoms. The number of nitrogens with zero attached hydrogens (tertiary/aromatic N) is 1. The van der Waals surface area contributed by atoms with E-state index in [-0.39, 0.29) is 22.8 Å². The molecule has 1 heterocycles. The molecule has 2 aromatic rings. The van der Waals surface area contributed by atoms with E-state index in [0.29, 0.717) is 11.4 Å². The van der Waals surface area contributed by atoms with Gasteiger partial charge in [-0.05, 0) is 35.2 Å². The molecule has 0 saturated carbocycles. The number of likely N-dealkylation sites (N-methyl/N-ethyl adjacent to an activating group) is 1. The summed E-state index contributed by atoms with van der Waals surface area (Å²) in [5.41, 5.74) is 1.28. The Hall–Kier alpha value is -2.54. The lowest BCUT2D eigenvalue weighted by atomic mass is 9.86. The van der Waals surface area contributed by atoms with Gasteiger partial charge in [-0.25, -0.2) is 8.42 Å². The minimum absolute atomic E-state index is 0.0858. The molecule has 1 N–H and O–H groups in total. The van der Waals surface area contributed by atoms with Crippen molar-refractivity contribution in [2.45, 2.75) is 37.2 Å². The summed E-state index contributed by atoms with van der Waals surface area (Å²) in [7, 11) is -2.34. The first kappa shape index (κ1) is 19.2. The Morgan fingerprint density at radius 2 is 1.81 bits per heavy atom. The highest BCUT2D eigenvalue weighted by Crippen LogP contribution is 2.40. The lowest BCUT2D eigenvalue weighted by Crippen LogP contribution is -2.50. The van der Waals surface area contributed by atoms with Gasteiger partial charge in [-0.2, -0.15) is 0 Å². The Morgan fingerprint density at radius 3 is 2.41 bits per heavy atom. The second-order valence-corrected chi connectivity index (χ2v) is 9.36. The van der Waals surface area contributed by atoms with Gasteiger partial charge in [0.1, 0.15) is 5.75 Å². The first-order valence-corrected chi connectivity index (χ1v) is 10.2. The highest BCUT2D eigenvalue weighted by Gasteiger charge is 2.37. The van der Waals surface area contributed by atoms with Crippen LogP contribution in [0.2, 0.25) is 0 Å². The molecule has 0 spiro atoms. The quantitative estimate of drug-likeness (QED) is 0.877. The van der Waals surface area contributed by atoms with Crippen LogP contribution in [0.25, 0.3) is 0 Å². The fraction of sp³-hybridized carbons (Fsp3) is 0.350. The van der Waals surface area contributed by atoms with Gasteiger partial charge >= 0.3 is 0 Å². The summed E-state index contributed by atoms with van der Waals surface area (Å²) in [4.78, 5) is 12.3. The minimum Gasteiger partial charge on any atom is -0.476 e. The van der Waals surface area contributed by atoms with Crippen LogP contribution in [0.4, 0.5) is 5.69 Å². The van der Waals surface area contributed by atoms with Gasteiger partial charge < -0.3 is 10.1 Å². The Balaban J connectivity index is 2.15. The highest BCUT2D eigenvalue weighted by atomic mass is 32.2. The number of nitrogens with one attached hydrogen (secondary N) is 1.